The van der Waals surface area contributed by atoms with Gasteiger partial charge in [0, 0.05) is 76.6 Å². The van der Waals surface area contributed by atoms with Gasteiger partial charge in [0.25, 0.3) is 11.5 Å². The standard InChI is InChI=1S/C41H54FN7O4/c1-29-26-46(17-22-49(29)38(50)25-30-7-3-2-4-8-30)27-31-13-15-45(16-14-31)28-39(51)47-18-20-48(21-19-47)41(53)35-23-32(11-12-36(35)42)24-37-33-9-5-6-10-34(33)40(52)44-43-37/h5-6,9-12,23,29-31H,2-4,7-8,13-22,24-28H2,1H3,(H,44,52)/t29-/m0/s1. The van der Waals surface area contributed by atoms with E-state index >= 15 is 0 Å². The van der Waals surface area contributed by atoms with E-state index in [0.29, 0.717) is 73.5 Å². The summed E-state index contributed by atoms with van der Waals surface area (Å²) in [6, 6.07) is 12.0. The zero-order valence-corrected chi connectivity index (χ0v) is 31.1. The number of H-pyrrole nitrogens is 1. The van der Waals surface area contributed by atoms with Crippen LogP contribution < -0.4 is 5.56 Å². The molecule has 1 atom stereocenters. The molecule has 12 heteroatoms. The monoisotopic (exact) mass is 727 g/mol. The second-order valence-electron chi connectivity index (χ2n) is 15.8. The van der Waals surface area contributed by atoms with Crippen LogP contribution in [0.4, 0.5) is 4.39 Å². The summed E-state index contributed by atoms with van der Waals surface area (Å²) in [6.07, 6.45) is 9.45. The first kappa shape index (κ1) is 37.2. The highest BCUT2D eigenvalue weighted by Crippen LogP contribution is 2.28. The van der Waals surface area contributed by atoms with Gasteiger partial charge in [-0.25, -0.2) is 9.49 Å². The molecule has 7 rings (SSSR count). The van der Waals surface area contributed by atoms with Crippen molar-refractivity contribution in [2.45, 2.75) is 70.8 Å². The van der Waals surface area contributed by atoms with Crippen molar-refractivity contribution in [3.8, 4) is 0 Å². The van der Waals surface area contributed by atoms with E-state index in [4.69, 9.17) is 0 Å². The number of fused-ring (bicyclic) bond motifs is 1. The summed E-state index contributed by atoms with van der Waals surface area (Å²) in [5, 5.41) is 8.01. The lowest BCUT2D eigenvalue weighted by molar-refractivity contribution is -0.137. The van der Waals surface area contributed by atoms with Crippen molar-refractivity contribution in [3.05, 3.63) is 75.5 Å². The number of aromatic amines is 1. The summed E-state index contributed by atoms with van der Waals surface area (Å²) in [7, 11) is 0. The summed E-state index contributed by atoms with van der Waals surface area (Å²) in [4.78, 5) is 62.4. The third-order valence-electron chi connectivity index (χ3n) is 12.1. The smallest absolute Gasteiger partial charge is 0.272 e. The van der Waals surface area contributed by atoms with Crippen molar-refractivity contribution in [1.29, 1.82) is 0 Å². The van der Waals surface area contributed by atoms with Gasteiger partial charge in [0.15, 0.2) is 0 Å². The number of nitrogens with zero attached hydrogens (tertiary/aromatic N) is 6. The maximum absolute atomic E-state index is 15.0. The van der Waals surface area contributed by atoms with Crippen molar-refractivity contribution in [1.82, 2.24) is 34.7 Å². The van der Waals surface area contributed by atoms with E-state index in [1.165, 1.54) is 38.2 Å². The van der Waals surface area contributed by atoms with Gasteiger partial charge in [-0.15, -0.1) is 0 Å². The van der Waals surface area contributed by atoms with E-state index < -0.39 is 5.82 Å². The van der Waals surface area contributed by atoms with Crippen LogP contribution in [0, 0.1) is 17.7 Å². The number of carbonyl (C=O) groups is 3. The van der Waals surface area contributed by atoms with E-state index in [1.807, 2.05) is 17.0 Å². The fourth-order valence-electron chi connectivity index (χ4n) is 8.98. The second kappa shape index (κ2) is 16.9. The summed E-state index contributed by atoms with van der Waals surface area (Å²) in [6.45, 7) is 9.66. The average molecular weight is 728 g/mol. The van der Waals surface area contributed by atoms with E-state index in [1.54, 1.807) is 29.2 Å². The molecule has 4 aliphatic rings. The largest absolute Gasteiger partial charge is 0.338 e. The number of amides is 3. The number of piperidine rings is 1. The molecule has 0 spiro atoms. The van der Waals surface area contributed by atoms with Crippen LogP contribution in [0.15, 0.2) is 47.3 Å². The van der Waals surface area contributed by atoms with Gasteiger partial charge in [0.1, 0.15) is 5.82 Å². The first-order chi connectivity index (χ1) is 25.7. The maximum atomic E-state index is 15.0. The number of aromatic nitrogens is 2. The number of halogens is 1. The van der Waals surface area contributed by atoms with Crippen molar-refractivity contribution >= 4 is 28.5 Å². The molecule has 3 aliphatic heterocycles. The number of piperazine rings is 2. The first-order valence-corrected chi connectivity index (χ1v) is 19.8. The minimum Gasteiger partial charge on any atom is -0.338 e. The van der Waals surface area contributed by atoms with Crippen LogP contribution in [0.5, 0.6) is 0 Å². The fourth-order valence-corrected chi connectivity index (χ4v) is 8.98. The zero-order valence-electron chi connectivity index (χ0n) is 31.1. The Bertz CT molecular complexity index is 1830. The lowest BCUT2D eigenvalue weighted by Crippen LogP contribution is -2.55. The summed E-state index contributed by atoms with van der Waals surface area (Å²) in [5.41, 5.74) is 1.08. The van der Waals surface area contributed by atoms with Gasteiger partial charge in [0.2, 0.25) is 11.8 Å². The lowest BCUT2D eigenvalue weighted by atomic mass is 9.86. The van der Waals surface area contributed by atoms with Crippen LogP contribution in [-0.4, -0.2) is 130 Å². The quantitative estimate of drug-likeness (QED) is 0.353. The number of nitrogens with one attached hydrogen (secondary N) is 1. The number of carbonyl (C=O) groups excluding carboxylic acids is 3. The predicted molar refractivity (Wildman–Crippen MR) is 202 cm³/mol. The molecule has 4 fully saturated rings. The summed E-state index contributed by atoms with van der Waals surface area (Å²) in [5.74, 6) is 0.623. The Balaban J connectivity index is 0.834. The van der Waals surface area contributed by atoms with Gasteiger partial charge in [-0.1, -0.05) is 43.5 Å². The summed E-state index contributed by atoms with van der Waals surface area (Å²) >= 11 is 0. The molecule has 3 saturated heterocycles. The number of likely N-dealkylation sites (tertiary alicyclic amines) is 1. The van der Waals surface area contributed by atoms with Crippen LogP contribution in [0.25, 0.3) is 10.8 Å². The fraction of sp³-hybridized carbons (Fsp3) is 0.585. The minimum absolute atomic E-state index is 0.00152. The minimum atomic E-state index is -0.586. The molecule has 284 valence electrons. The number of rotatable bonds is 9. The predicted octanol–water partition coefficient (Wildman–Crippen LogP) is 4.15. The molecule has 3 aromatic rings. The number of hydrogen-bond acceptors (Lipinski definition) is 7. The third kappa shape index (κ3) is 8.97. The molecule has 4 heterocycles. The van der Waals surface area contributed by atoms with Gasteiger partial charge in [-0.2, -0.15) is 5.10 Å². The average Bonchev–Trinajstić information content (AvgIpc) is 3.17. The molecule has 11 nitrogen and oxygen atoms in total. The Morgan fingerprint density at radius 3 is 2.25 bits per heavy atom. The zero-order chi connectivity index (χ0) is 36.9. The van der Waals surface area contributed by atoms with Crippen LogP contribution in [0.3, 0.4) is 0 Å². The van der Waals surface area contributed by atoms with Gasteiger partial charge in [-0.3, -0.25) is 29.0 Å². The lowest BCUT2D eigenvalue weighted by Gasteiger charge is -2.43. The maximum Gasteiger partial charge on any atom is 0.272 e. The molecule has 3 amide bonds. The topological polar surface area (TPSA) is 113 Å². The van der Waals surface area contributed by atoms with Gasteiger partial charge < -0.3 is 14.7 Å². The molecule has 1 N–H and O–H groups in total. The third-order valence-corrected chi connectivity index (χ3v) is 12.1. The van der Waals surface area contributed by atoms with Crippen LogP contribution in [-0.2, 0) is 16.0 Å². The molecule has 1 saturated carbocycles. The molecule has 1 aliphatic carbocycles. The van der Waals surface area contributed by atoms with Gasteiger partial charge in [0.05, 0.1) is 23.2 Å². The molecule has 0 radical (unpaired) electrons. The van der Waals surface area contributed by atoms with Crippen LogP contribution in [0.2, 0.25) is 0 Å². The summed E-state index contributed by atoms with van der Waals surface area (Å²) < 4.78 is 15.0. The Kier molecular flexibility index (Phi) is 11.8. The Morgan fingerprint density at radius 1 is 0.792 bits per heavy atom. The van der Waals surface area contributed by atoms with E-state index in [9.17, 15) is 23.6 Å². The number of benzene rings is 2. The molecular formula is C41H54FN7O4. The highest BCUT2D eigenvalue weighted by atomic mass is 19.1. The van der Waals surface area contributed by atoms with Gasteiger partial charge >= 0.3 is 0 Å². The van der Waals surface area contributed by atoms with Crippen LogP contribution in [0.1, 0.15) is 79.9 Å². The van der Waals surface area contributed by atoms with Crippen molar-refractivity contribution in [2.24, 2.45) is 11.8 Å². The second-order valence-corrected chi connectivity index (χ2v) is 15.8. The normalized spacial score (nSPS) is 21.3. The Morgan fingerprint density at radius 2 is 1.51 bits per heavy atom. The molecular weight excluding hydrogens is 673 g/mol. The SMILES string of the molecule is C[C@H]1CN(CC2CCN(CC(=O)N3CCN(C(=O)c4cc(Cc5n[nH]c(=O)c6ccccc56)ccc4F)CC3)CC2)CCN1C(=O)CC1CCCCC1. The Labute approximate surface area is 311 Å². The number of hydrogen-bond donors (Lipinski definition) is 1. The van der Waals surface area contributed by atoms with E-state index in [0.717, 1.165) is 63.9 Å². The van der Waals surface area contributed by atoms with E-state index in [-0.39, 0.29) is 29.0 Å². The van der Waals surface area contributed by atoms with Crippen molar-refractivity contribution in [3.63, 3.8) is 0 Å². The molecule has 0 bridgehead atoms. The highest BCUT2D eigenvalue weighted by Gasteiger charge is 2.32. The van der Waals surface area contributed by atoms with E-state index in [2.05, 4.69) is 31.8 Å². The first-order valence-electron chi connectivity index (χ1n) is 19.8. The molecule has 53 heavy (non-hydrogen) atoms. The van der Waals surface area contributed by atoms with Crippen molar-refractivity contribution in [2.75, 3.05) is 72.0 Å². The molecule has 1 aromatic heterocycles. The Hall–Kier alpha value is -4.16. The highest BCUT2D eigenvalue weighted by molar-refractivity contribution is 5.95. The van der Waals surface area contributed by atoms with Gasteiger partial charge in [-0.05, 0) is 81.3 Å². The van der Waals surface area contributed by atoms with Crippen molar-refractivity contribution < 1.29 is 18.8 Å². The molecule has 2 aromatic carbocycles. The van der Waals surface area contributed by atoms with Crippen LogP contribution >= 0.6 is 0 Å². The molecule has 0 unspecified atom stereocenters.